The predicted octanol–water partition coefficient (Wildman–Crippen LogP) is 4.00. The maximum Gasteiger partial charge on any atom is 0.226 e. The van der Waals surface area contributed by atoms with E-state index in [1.165, 1.54) is 0 Å². The zero-order valence-electron chi connectivity index (χ0n) is 13.2. The van der Waals surface area contributed by atoms with E-state index >= 15 is 0 Å². The highest BCUT2D eigenvalue weighted by atomic mass is 16.2. The van der Waals surface area contributed by atoms with E-state index in [4.69, 9.17) is 0 Å². The maximum atomic E-state index is 12.5. The molecule has 2 heteroatoms. The standard InChI is InChI=1S/C15H31NO/c1-11(2)16-12(17)15(9,14(6,7)8)10-13(3,4)5/h11H,10H2,1-9H3,(H,16,17). The summed E-state index contributed by atoms with van der Waals surface area (Å²) in [5.74, 6) is 0.176. The topological polar surface area (TPSA) is 29.1 Å². The van der Waals surface area contributed by atoms with Crippen LogP contribution in [0.2, 0.25) is 0 Å². The highest BCUT2D eigenvalue weighted by Gasteiger charge is 2.46. The fourth-order valence-electron chi connectivity index (χ4n) is 2.17. The molecule has 0 spiro atoms. The summed E-state index contributed by atoms with van der Waals surface area (Å²) in [6.07, 6.45) is 0.891. The second-order valence-electron chi connectivity index (χ2n) is 7.95. The molecule has 0 saturated heterocycles. The summed E-state index contributed by atoms with van der Waals surface area (Å²) in [4.78, 5) is 12.5. The molecule has 1 N–H and O–H groups in total. The van der Waals surface area contributed by atoms with E-state index in [0.717, 1.165) is 6.42 Å². The summed E-state index contributed by atoms with van der Waals surface area (Å²) in [5.41, 5.74) is -0.231. The van der Waals surface area contributed by atoms with Gasteiger partial charge in [0.2, 0.25) is 5.91 Å². The van der Waals surface area contributed by atoms with Crippen LogP contribution < -0.4 is 5.32 Å². The second-order valence-corrected chi connectivity index (χ2v) is 7.95. The summed E-state index contributed by atoms with van der Waals surface area (Å²) in [6, 6.07) is 0.198. The Labute approximate surface area is 108 Å². The Morgan fingerprint density at radius 1 is 1.00 bits per heavy atom. The molecular weight excluding hydrogens is 210 g/mol. The average Bonchev–Trinajstić information content (AvgIpc) is 1.96. The normalized spacial score (nSPS) is 16.8. The van der Waals surface area contributed by atoms with Crippen molar-refractivity contribution in [2.24, 2.45) is 16.2 Å². The average molecular weight is 241 g/mol. The first-order valence-corrected chi connectivity index (χ1v) is 6.60. The van der Waals surface area contributed by atoms with Crippen molar-refractivity contribution in [2.45, 2.75) is 74.8 Å². The summed E-state index contributed by atoms with van der Waals surface area (Å²) < 4.78 is 0. The zero-order valence-corrected chi connectivity index (χ0v) is 13.2. The van der Waals surface area contributed by atoms with Crippen molar-refractivity contribution in [3.05, 3.63) is 0 Å². The molecule has 1 atom stereocenters. The number of nitrogens with one attached hydrogen (secondary N) is 1. The Kier molecular flexibility index (Phi) is 4.84. The molecule has 0 saturated carbocycles. The molecule has 0 rings (SSSR count). The van der Waals surface area contributed by atoms with Crippen LogP contribution in [-0.2, 0) is 4.79 Å². The molecule has 0 aliphatic carbocycles. The van der Waals surface area contributed by atoms with Gasteiger partial charge in [-0.05, 0) is 31.1 Å². The number of hydrogen-bond donors (Lipinski definition) is 1. The molecule has 1 unspecified atom stereocenters. The number of hydrogen-bond acceptors (Lipinski definition) is 1. The van der Waals surface area contributed by atoms with Crippen LogP contribution in [0.1, 0.15) is 68.7 Å². The van der Waals surface area contributed by atoms with Gasteiger partial charge in [-0.25, -0.2) is 0 Å². The van der Waals surface area contributed by atoms with Crippen LogP contribution in [0.3, 0.4) is 0 Å². The van der Waals surface area contributed by atoms with Crippen molar-refractivity contribution < 1.29 is 4.79 Å². The third-order valence-electron chi connectivity index (χ3n) is 3.46. The molecule has 1 amide bonds. The van der Waals surface area contributed by atoms with Crippen LogP contribution in [0, 0.1) is 16.2 Å². The SMILES string of the molecule is CC(C)NC(=O)C(C)(CC(C)(C)C)C(C)(C)C. The van der Waals surface area contributed by atoms with Crippen molar-refractivity contribution in [3.8, 4) is 0 Å². The third-order valence-corrected chi connectivity index (χ3v) is 3.46. The van der Waals surface area contributed by atoms with E-state index in [1.54, 1.807) is 0 Å². The monoisotopic (exact) mass is 241 g/mol. The van der Waals surface area contributed by atoms with Gasteiger partial charge >= 0.3 is 0 Å². The number of amides is 1. The smallest absolute Gasteiger partial charge is 0.226 e. The number of carbonyl (C=O) groups excluding carboxylic acids is 1. The highest BCUT2D eigenvalue weighted by molar-refractivity contribution is 5.83. The van der Waals surface area contributed by atoms with Crippen molar-refractivity contribution >= 4 is 5.91 Å². The Hall–Kier alpha value is -0.530. The van der Waals surface area contributed by atoms with Crippen LogP contribution in [0.15, 0.2) is 0 Å². The van der Waals surface area contributed by atoms with Crippen LogP contribution in [0.25, 0.3) is 0 Å². The van der Waals surface area contributed by atoms with Gasteiger partial charge in [-0.15, -0.1) is 0 Å². The van der Waals surface area contributed by atoms with Crippen LogP contribution in [-0.4, -0.2) is 11.9 Å². The van der Waals surface area contributed by atoms with Crippen molar-refractivity contribution in [2.75, 3.05) is 0 Å². The third kappa shape index (κ3) is 4.69. The molecular formula is C15H31NO. The lowest BCUT2D eigenvalue weighted by atomic mass is 9.60. The van der Waals surface area contributed by atoms with Gasteiger partial charge in [0.15, 0.2) is 0 Å². The molecule has 0 fully saturated rings. The largest absolute Gasteiger partial charge is 0.353 e. The van der Waals surface area contributed by atoms with E-state index in [2.05, 4.69) is 53.8 Å². The van der Waals surface area contributed by atoms with Crippen LogP contribution >= 0.6 is 0 Å². The highest BCUT2D eigenvalue weighted by Crippen LogP contribution is 2.46. The fourth-order valence-corrected chi connectivity index (χ4v) is 2.17. The minimum Gasteiger partial charge on any atom is -0.353 e. The number of carbonyl (C=O) groups is 1. The maximum absolute atomic E-state index is 12.5. The summed E-state index contributed by atoms with van der Waals surface area (Å²) in [5, 5.41) is 3.07. The lowest BCUT2D eigenvalue weighted by molar-refractivity contribution is -0.139. The Morgan fingerprint density at radius 3 is 1.65 bits per heavy atom. The lowest BCUT2D eigenvalue weighted by Crippen LogP contribution is -2.50. The Bertz CT molecular complexity index is 268. The van der Waals surface area contributed by atoms with Gasteiger partial charge in [-0.1, -0.05) is 48.5 Å². The van der Waals surface area contributed by atoms with E-state index in [9.17, 15) is 4.79 Å². The van der Waals surface area contributed by atoms with E-state index in [0.29, 0.717) is 0 Å². The molecule has 0 bridgehead atoms. The van der Waals surface area contributed by atoms with Gasteiger partial charge in [0.05, 0.1) is 5.41 Å². The predicted molar refractivity (Wildman–Crippen MR) is 74.9 cm³/mol. The van der Waals surface area contributed by atoms with Gasteiger partial charge in [0, 0.05) is 6.04 Å². The first-order valence-electron chi connectivity index (χ1n) is 6.60. The minimum atomic E-state index is -0.338. The van der Waals surface area contributed by atoms with E-state index in [1.807, 2.05) is 13.8 Å². The van der Waals surface area contributed by atoms with Crippen molar-refractivity contribution in [3.63, 3.8) is 0 Å². The Morgan fingerprint density at radius 2 is 1.41 bits per heavy atom. The van der Waals surface area contributed by atoms with E-state index in [-0.39, 0.29) is 28.2 Å². The molecule has 0 aromatic heterocycles. The van der Waals surface area contributed by atoms with Gasteiger partial charge < -0.3 is 5.32 Å². The van der Waals surface area contributed by atoms with Gasteiger partial charge in [0.1, 0.15) is 0 Å². The first kappa shape index (κ1) is 16.5. The lowest BCUT2D eigenvalue weighted by Gasteiger charge is -2.44. The van der Waals surface area contributed by atoms with Crippen molar-refractivity contribution in [1.29, 1.82) is 0 Å². The molecule has 0 aliphatic rings. The summed E-state index contributed by atoms with van der Waals surface area (Å²) in [7, 11) is 0. The molecule has 102 valence electrons. The van der Waals surface area contributed by atoms with Crippen LogP contribution in [0.4, 0.5) is 0 Å². The molecule has 0 aromatic carbocycles. The van der Waals surface area contributed by atoms with Gasteiger partial charge in [-0.3, -0.25) is 4.79 Å². The Balaban J connectivity index is 5.20. The molecule has 0 aromatic rings. The zero-order chi connectivity index (χ0) is 14.1. The van der Waals surface area contributed by atoms with Gasteiger partial charge in [-0.2, -0.15) is 0 Å². The minimum absolute atomic E-state index is 0.0424. The molecule has 0 heterocycles. The fraction of sp³-hybridized carbons (Fsp3) is 0.933. The quantitative estimate of drug-likeness (QED) is 0.795. The first-order chi connectivity index (χ1) is 7.29. The summed E-state index contributed by atoms with van der Waals surface area (Å²) >= 11 is 0. The molecule has 17 heavy (non-hydrogen) atoms. The van der Waals surface area contributed by atoms with Crippen LogP contribution in [0.5, 0.6) is 0 Å². The van der Waals surface area contributed by atoms with E-state index < -0.39 is 0 Å². The molecule has 0 radical (unpaired) electrons. The second kappa shape index (κ2) is 4.99. The molecule has 2 nitrogen and oxygen atoms in total. The number of rotatable bonds is 3. The van der Waals surface area contributed by atoms with Gasteiger partial charge in [0.25, 0.3) is 0 Å². The summed E-state index contributed by atoms with van der Waals surface area (Å²) in [6.45, 7) is 19.2. The molecule has 0 aliphatic heterocycles. The van der Waals surface area contributed by atoms with Crippen molar-refractivity contribution in [1.82, 2.24) is 5.32 Å².